The van der Waals surface area contributed by atoms with Crippen LogP contribution in [0.5, 0.6) is 0 Å². The number of carbonyl (C=O) groups excluding carboxylic acids is 1. The standard InChI is InChI=1S/C10H14N4O/c11-8-2-1-6(3-9(8)12)14-7-4-10(15)13-5-7/h1-3,7,14H,4-5,11-12H2,(H,13,15). The van der Waals surface area contributed by atoms with Crippen LogP contribution < -0.4 is 22.1 Å². The Morgan fingerprint density at radius 2 is 2.13 bits per heavy atom. The van der Waals surface area contributed by atoms with Crippen LogP contribution >= 0.6 is 0 Å². The Morgan fingerprint density at radius 3 is 2.73 bits per heavy atom. The van der Waals surface area contributed by atoms with Crippen molar-refractivity contribution < 1.29 is 4.79 Å². The van der Waals surface area contributed by atoms with Gasteiger partial charge in [-0.25, -0.2) is 0 Å². The van der Waals surface area contributed by atoms with Crippen LogP contribution in [0.2, 0.25) is 0 Å². The molecule has 0 aromatic heterocycles. The van der Waals surface area contributed by atoms with Crippen LogP contribution in [0.25, 0.3) is 0 Å². The molecule has 1 fully saturated rings. The smallest absolute Gasteiger partial charge is 0.222 e. The molecular formula is C10H14N4O. The van der Waals surface area contributed by atoms with Crippen molar-refractivity contribution in [3.63, 3.8) is 0 Å². The van der Waals surface area contributed by atoms with E-state index >= 15 is 0 Å². The highest BCUT2D eigenvalue weighted by Gasteiger charge is 2.20. The van der Waals surface area contributed by atoms with Gasteiger partial charge >= 0.3 is 0 Å². The average molecular weight is 206 g/mol. The molecule has 5 heteroatoms. The molecule has 0 radical (unpaired) electrons. The molecule has 1 unspecified atom stereocenters. The first-order chi connectivity index (χ1) is 7.15. The van der Waals surface area contributed by atoms with Gasteiger partial charge in [0.1, 0.15) is 0 Å². The zero-order valence-electron chi connectivity index (χ0n) is 8.29. The predicted molar refractivity (Wildman–Crippen MR) is 60.3 cm³/mol. The molecule has 1 aromatic carbocycles. The first-order valence-corrected chi connectivity index (χ1v) is 4.83. The highest BCUT2D eigenvalue weighted by Crippen LogP contribution is 2.21. The summed E-state index contributed by atoms with van der Waals surface area (Å²) in [7, 11) is 0. The topological polar surface area (TPSA) is 93.2 Å². The van der Waals surface area contributed by atoms with Crippen molar-refractivity contribution >= 4 is 23.0 Å². The van der Waals surface area contributed by atoms with E-state index in [9.17, 15) is 4.79 Å². The van der Waals surface area contributed by atoms with Crippen molar-refractivity contribution in [3.8, 4) is 0 Å². The lowest BCUT2D eigenvalue weighted by Gasteiger charge is -2.12. The number of carbonyl (C=O) groups is 1. The number of nitrogens with one attached hydrogen (secondary N) is 2. The molecule has 1 saturated heterocycles. The lowest BCUT2D eigenvalue weighted by atomic mass is 10.2. The van der Waals surface area contributed by atoms with Crippen molar-refractivity contribution in [1.29, 1.82) is 0 Å². The van der Waals surface area contributed by atoms with E-state index in [1.54, 1.807) is 12.1 Å². The van der Waals surface area contributed by atoms with E-state index in [-0.39, 0.29) is 11.9 Å². The molecule has 1 aromatic rings. The quantitative estimate of drug-likeness (QED) is 0.518. The minimum absolute atomic E-state index is 0.0796. The summed E-state index contributed by atoms with van der Waals surface area (Å²) in [5.41, 5.74) is 13.3. The number of nitrogen functional groups attached to an aromatic ring is 2. The van der Waals surface area contributed by atoms with Gasteiger partial charge in [0.15, 0.2) is 0 Å². The summed E-state index contributed by atoms with van der Waals surface area (Å²) < 4.78 is 0. The fourth-order valence-corrected chi connectivity index (χ4v) is 1.61. The first-order valence-electron chi connectivity index (χ1n) is 4.83. The molecule has 0 aliphatic carbocycles. The van der Waals surface area contributed by atoms with Crippen LogP contribution in [0, 0.1) is 0 Å². The second-order valence-corrected chi connectivity index (χ2v) is 3.69. The van der Waals surface area contributed by atoms with Gasteiger partial charge in [-0.15, -0.1) is 0 Å². The third-order valence-corrected chi connectivity index (χ3v) is 2.44. The van der Waals surface area contributed by atoms with Crippen LogP contribution in [-0.2, 0) is 4.79 Å². The summed E-state index contributed by atoms with van der Waals surface area (Å²) in [6, 6.07) is 5.52. The minimum Gasteiger partial charge on any atom is -0.397 e. The van der Waals surface area contributed by atoms with E-state index in [1.807, 2.05) is 6.07 Å². The summed E-state index contributed by atoms with van der Waals surface area (Å²) in [4.78, 5) is 11.0. The van der Waals surface area contributed by atoms with Crippen molar-refractivity contribution in [1.82, 2.24) is 5.32 Å². The van der Waals surface area contributed by atoms with Gasteiger partial charge in [-0.05, 0) is 18.2 Å². The maximum Gasteiger partial charge on any atom is 0.222 e. The third kappa shape index (κ3) is 2.12. The highest BCUT2D eigenvalue weighted by atomic mass is 16.1. The third-order valence-electron chi connectivity index (χ3n) is 2.44. The van der Waals surface area contributed by atoms with E-state index in [4.69, 9.17) is 11.5 Å². The number of nitrogens with two attached hydrogens (primary N) is 2. The molecule has 1 aliphatic rings. The molecular weight excluding hydrogens is 192 g/mol. The van der Waals surface area contributed by atoms with Crippen molar-refractivity contribution in [2.75, 3.05) is 23.3 Å². The molecule has 6 N–H and O–H groups in total. The summed E-state index contributed by atoms with van der Waals surface area (Å²) in [6.45, 7) is 0.656. The lowest BCUT2D eigenvalue weighted by Crippen LogP contribution is -2.22. The molecule has 0 spiro atoms. The molecule has 2 rings (SSSR count). The first kappa shape index (κ1) is 9.64. The Bertz CT molecular complexity index is 391. The van der Waals surface area contributed by atoms with Gasteiger partial charge in [-0.1, -0.05) is 0 Å². The summed E-state index contributed by atoms with van der Waals surface area (Å²) in [6.07, 6.45) is 0.504. The van der Waals surface area contributed by atoms with Crippen LogP contribution in [0.3, 0.4) is 0 Å². The van der Waals surface area contributed by atoms with Gasteiger partial charge in [-0.2, -0.15) is 0 Å². The second-order valence-electron chi connectivity index (χ2n) is 3.69. The Morgan fingerprint density at radius 1 is 1.33 bits per heavy atom. The number of benzene rings is 1. The molecule has 15 heavy (non-hydrogen) atoms. The van der Waals surface area contributed by atoms with Gasteiger partial charge in [0, 0.05) is 18.7 Å². The predicted octanol–water partition coefficient (Wildman–Crippen LogP) is 0.151. The number of anilines is 3. The molecule has 5 nitrogen and oxygen atoms in total. The zero-order valence-corrected chi connectivity index (χ0v) is 8.29. The van der Waals surface area contributed by atoms with Crippen LogP contribution in [0.4, 0.5) is 17.1 Å². The molecule has 80 valence electrons. The lowest BCUT2D eigenvalue weighted by molar-refractivity contribution is -0.119. The highest BCUT2D eigenvalue weighted by molar-refractivity contribution is 5.80. The van der Waals surface area contributed by atoms with Gasteiger partial charge in [-0.3, -0.25) is 4.79 Å². The number of amides is 1. The molecule has 0 saturated carbocycles. The second kappa shape index (κ2) is 3.68. The fraction of sp³-hybridized carbons (Fsp3) is 0.300. The summed E-state index contributed by atoms with van der Waals surface area (Å²) in [5.74, 6) is 0.0796. The van der Waals surface area contributed by atoms with E-state index in [2.05, 4.69) is 10.6 Å². The van der Waals surface area contributed by atoms with E-state index < -0.39 is 0 Å². The Kier molecular flexibility index (Phi) is 2.37. The van der Waals surface area contributed by atoms with E-state index in [1.165, 1.54) is 0 Å². The van der Waals surface area contributed by atoms with E-state index in [0.29, 0.717) is 24.3 Å². The summed E-state index contributed by atoms with van der Waals surface area (Å²) >= 11 is 0. The monoisotopic (exact) mass is 206 g/mol. The fourth-order valence-electron chi connectivity index (χ4n) is 1.61. The molecule has 1 amide bonds. The van der Waals surface area contributed by atoms with Crippen molar-refractivity contribution in [3.05, 3.63) is 18.2 Å². The normalized spacial score (nSPS) is 20.0. The van der Waals surface area contributed by atoms with Gasteiger partial charge < -0.3 is 22.1 Å². The average Bonchev–Trinajstić information content (AvgIpc) is 2.58. The van der Waals surface area contributed by atoms with Crippen LogP contribution in [0.15, 0.2) is 18.2 Å². The largest absolute Gasteiger partial charge is 0.397 e. The SMILES string of the molecule is Nc1ccc(NC2CNC(=O)C2)cc1N. The Hall–Kier alpha value is -1.91. The Labute approximate surface area is 87.8 Å². The van der Waals surface area contributed by atoms with Gasteiger partial charge in [0.25, 0.3) is 0 Å². The molecule has 1 aliphatic heterocycles. The van der Waals surface area contributed by atoms with Crippen molar-refractivity contribution in [2.24, 2.45) is 0 Å². The Balaban J connectivity index is 2.05. The van der Waals surface area contributed by atoms with Gasteiger partial charge in [0.2, 0.25) is 5.91 Å². The number of rotatable bonds is 2. The van der Waals surface area contributed by atoms with Crippen LogP contribution in [0.1, 0.15) is 6.42 Å². The van der Waals surface area contributed by atoms with Crippen molar-refractivity contribution in [2.45, 2.75) is 12.5 Å². The van der Waals surface area contributed by atoms with Gasteiger partial charge in [0.05, 0.1) is 17.4 Å². The van der Waals surface area contributed by atoms with Crippen LogP contribution in [-0.4, -0.2) is 18.5 Å². The zero-order chi connectivity index (χ0) is 10.8. The number of hydrogen-bond donors (Lipinski definition) is 4. The minimum atomic E-state index is 0.0796. The summed E-state index contributed by atoms with van der Waals surface area (Å²) in [5, 5.41) is 5.98. The molecule has 0 bridgehead atoms. The maximum atomic E-state index is 11.0. The number of hydrogen-bond acceptors (Lipinski definition) is 4. The molecule has 1 atom stereocenters. The van der Waals surface area contributed by atoms with E-state index in [0.717, 1.165) is 5.69 Å². The maximum absolute atomic E-state index is 11.0. The molecule has 1 heterocycles.